The molecular formula is C13H18N4O3. The minimum atomic E-state index is -0.119. The standard InChI is InChI=1S/C13H18N4O3/c18-12-8-14-4-6-17(12)10-2-1-5-16(9-10)13(19)11-3-7-20-15-11/h3,7,10,14H,1-2,4-6,8-9H2. The summed E-state index contributed by atoms with van der Waals surface area (Å²) in [5.41, 5.74) is 0.331. The Kier molecular flexibility index (Phi) is 3.68. The number of piperidine rings is 1. The third kappa shape index (κ3) is 2.53. The first-order chi connectivity index (χ1) is 9.75. The van der Waals surface area contributed by atoms with Crippen LogP contribution in [0.15, 0.2) is 16.9 Å². The van der Waals surface area contributed by atoms with Crippen LogP contribution in [0.5, 0.6) is 0 Å². The number of rotatable bonds is 2. The minimum absolute atomic E-state index is 0.119. The van der Waals surface area contributed by atoms with Crippen molar-refractivity contribution in [2.24, 2.45) is 0 Å². The molecule has 2 aliphatic rings. The van der Waals surface area contributed by atoms with Gasteiger partial charge in [0.1, 0.15) is 6.26 Å². The second-order valence-corrected chi connectivity index (χ2v) is 5.20. The Morgan fingerprint density at radius 1 is 1.45 bits per heavy atom. The number of nitrogens with zero attached hydrogens (tertiary/aromatic N) is 3. The number of carbonyl (C=O) groups excluding carboxylic acids is 2. The zero-order chi connectivity index (χ0) is 13.9. The molecule has 3 rings (SSSR count). The Hall–Kier alpha value is -1.89. The summed E-state index contributed by atoms with van der Waals surface area (Å²) in [5, 5.41) is 6.75. The highest BCUT2D eigenvalue weighted by molar-refractivity contribution is 5.92. The highest BCUT2D eigenvalue weighted by Crippen LogP contribution is 2.18. The van der Waals surface area contributed by atoms with Crippen molar-refractivity contribution in [3.63, 3.8) is 0 Å². The Morgan fingerprint density at radius 3 is 3.10 bits per heavy atom. The van der Waals surface area contributed by atoms with Crippen LogP contribution in [0.25, 0.3) is 0 Å². The van der Waals surface area contributed by atoms with E-state index in [9.17, 15) is 9.59 Å². The van der Waals surface area contributed by atoms with Gasteiger partial charge in [0.2, 0.25) is 5.91 Å². The molecule has 0 aromatic carbocycles. The lowest BCUT2D eigenvalue weighted by Gasteiger charge is -2.40. The zero-order valence-corrected chi connectivity index (χ0v) is 11.2. The van der Waals surface area contributed by atoms with Gasteiger partial charge in [0, 0.05) is 38.3 Å². The van der Waals surface area contributed by atoms with Gasteiger partial charge in [-0.25, -0.2) is 0 Å². The SMILES string of the molecule is O=C(c1ccon1)N1CCCC(N2CCNCC2=O)C1. The van der Waals surface area contributed by atoms with E-state index in [0.29, 0.717) is 25.3 Å². The molecule has 1 aromatic rings. The van der Waals surface area contributed by atoms with E-state index in [2.05, 4.69) is 10.5 Å². The van der Waals surface area contributed by atoms with Crippen LogP contribution in [0.2, 0.25) is 0 Å². The van der Waals surface area contributed by atoms with Crippen LogP contribution in [-0.2, 0) is 4.79 Å². The first-order valence-corrected chi connectivity index (χ1v) is 6.95. The number of amides is 2. The van der Waals surface area contributed by atoms with Crippen molar-refractivity contribution >= 4 is 11.8 Å². The van der Waals surface area contributed by atoms with E-state index < -0.39 is 0 Å². The third-order valence-electron chi connectivity index (χ3n) is 3.91. The van der Waals surface area contributed by atoms with Crippen LogP contribution in [-0.4, -0.2) is 65.5 Å². The topological polar surface area (TPSA) is 78.7 Å². The van der Waals surface area contributed by atoms with E-state index in [4.69, 9.17) is 4.52 Å². The molecule has 1 atom stereocenters. The van der Waals surface area contributed by atoms with Crippen LogP contribution in [0.3, 0.4) is 0 Å². The summed E-state index contributed by atoms with van der Waals surface area (Å²) in [6, 6.07) is 1.69. The van der Waals surface area contributed by atoms with Crippen molar-refractivity contribution in [2.45, 2.75) is 18.9 Å². The largest absolute Gasteiger partial charge is 0.364 e. The summed E-state index contributed by atoms with van der Waals surface area (Å²) in [6.07, 6.45) is 3.26. The molecule has 2 amide bonds. The molecule has 7 heteroatoms. The minimum Gasteiger partial charge on any atom is -0.364 e. The molecule has 0 aliphatic carbocycles. The van der Waals surface area contributed by atoms with Gasteiger partial charge in [0.15, 0.2) is 5.69 Å². The molecule has 20 heavy (non-hydrogen) atoms. The smallest absolute Gasteiger partial charge is 0.276 e. The van der Waals surface area contributed by atoms with Crippen molar-refractivity contribution in [3.05, 3.63) is 18.0 Å². The Labute approximate surface area is 116 Å². The van der Waals surface area contributed by atoms with Gasteiger partial charge < -0.3 is 19.6 Å². The second kappa shape index (κ2) is 5.62. The third-order valence-corrected chi connectivity index (χ3v) is 3.91. The predicted molar refractivity (Wildman–Crippen MR) is 70.0 cm³/mol. The first-order valence-electron chi connectivity index (χ1n) is 6.95. The molecule has 2 saturated heterocycles. The van der Waals surface area contributed by atoms with Gasteiger partial charge in [-0.1, -0.05) is 5.16 Å². The zero-order valence-electron chi connectivity index (χ0n) is 11.2. The van der Waals surface area contributed by atoms with Gasteiger partial charge in [-0.3, -0.25) is 9.59 Å². The van der Waals surface area contributed by atoms with Crippen molar-refractivity contribution in [2.75, 3.05) is 32.7 Å². The number of aromatic nitrogens is 1. The van der Waals surface area contributed by atoms with Crippen LogP contribution in [0, 0.1) is 0 Å². The Morgan fingerprint density at radius 2 is 2.35 bits per heavy atom. The van der Waals surface area contributed by atoms with Crippen LogP contribution >= 0.6 is 0 Å². The molecule has 2 aliphatic heterocycles. The van der Waals surface area contributed by atoms with E-state index in [0.717, 1.165) is 25.9 Å². The molecule has 1 aromatic heterocycles. The Balaban J connectivity index is 1.67. The molecule has 0 bridgehead atoms. The summed E-state index contributed by atoms with van der Waals surface area (Å²) < 4.78 is 4.72. The van der Waals surface area contributed by atoms with E-state index in [-0.39, 0.29) is 17.9 Å². The average molecular weight is 278 g/mol. The molecule has 0 spiro atoms. The molecular weight excluding hydrogens is 260 g/mol. The number of piperazine rings is 1. The van der Waals surface area contributed by atoms with Gasteiger partial charge >= 0.3 is 0 Å². The maximum Gasteiger partial charge on any atom is 0.276 e. The van der Waals surface area contributed by atoms with Gasteiger partial charge in [-0.15, -0.1) is 0 Å². The summed E-state index contributed by atoms with van der Waals surface area (Å²) in [5.74, 6) is 0.00279. The number of likely N-dealkylation sites (tertiary alicyclic amines) is 1. The maximum absolute atomic E-state index is 12.3. The summed E-state index contributed by atoms with van der Waals surface area (Å²) in [6.45, 7) is 3.22. The first kappa shape index (κ1) is 13.1. The summed E-state index contributed by atoms with van der Waals surface area (Å²) in [7, 11) is 0. The molecule has 7 nitrogen and oxygen atoms in total. The summed E-state index contributed by atoms with van der Waals surface area (Å²) in [4.78, 5) is 27.9. The van der Waals surface area contributed by atoms with Crippen molar-refractivity contribution in [1.82, 2.24) is 20.3 Å². The molecule has 1 unspecified atom stereocenters. The predicted octanol–water partition coefficient (Wildman–Crippen LogP) is -0.289. The number of nitrogens with one attached hydrogen (secondary N) is 1. The van der Waals surface area contributed by atoms with Crippen molar-refractivity contribution in [3.8, 4) is 0 Å². The van der Waals surface area contributed by atoms with Gasteiger partial charge in [0.25, 0.3) is 5.91 Å². The van der Waals surface area contributed by atoms with E-state index in [1.54, 1.807) is 11.0 Å². The lowest BCUT2D eigenvalue weighted by atomic mass is 10.0. The van der Waals surface area contributed by atoms with Crippen LogP contribution in [0.1, 0.15) is 23.3 Å². The molecule has 3 heterocycles. The van der Waals surface area contributed by atoms with Crippen molar-refractivity contribution < 1.29 is 14.1 Å². The van der Waals surface area contributed by atoms with Gasteiger partial charge in [-0.2, -0.15) is 0 Å². The number of carbonyl (C=O) groups is 2. The second-order valence-electron chi connectivity index (χ2n) is 5.20. The fourth-order valence-electron chi connectivity index (χ4n) is 2.89. The average Bonchev–Trinajstić information content (AvgIpc) is 3.01. The molecule has 0 radical (unpaired) electrons. The molecule has 2 fully saturated rings. The van der Waals surface area contributed by atoms with E-state index in [1.165, 1.54) is 6.26 Å². The maximum atomic E-state index is 12.3. The lowest BCUT2D eigenvalue weighted by molar-refractivity contribution is -0.135. The molecule has 0 saturated carbocycles. The van der Waals surface area contributed by atoms with Crippen molar-refractivity contribution in [1.29, 1.82) is 0 Å². The fourth-order valence-corrected chi connectivity index (χ4v) is 2.89. The van der Waals surface area contributed by atoms with Crippen LogP contribution in [0.4, 0.5) is 0 Å². The number of hydrogen-bond acceptors (Lipinski definition) is 5. The quantitative estimate of drug-likeness (QED) is 0.804. The molecule has 108 valence electrons. The van der Waals surface area contributed by atoms with Gasteiger partial charge in [0.05, 0.1) is 6.54 Å². The highest BCUT2D eigenvalue weighted by Gasteiger charge is 2.32. The van der Waals surface area contributed by atoms with E-state index >= 15 is 0 Å². The summed E-state index contributed by atoms with van der Waals surface area (Å²) >= 11 is 0. The fraction of sp³-hybridized carbons (Fsp3) is 0.615. The number of hydrogen-bond donors (Lipinski definition) is 1. The highest BCUT2D eigenvalue weighted by atomic mass is 16.5. The van der Waals surface area contributed by atoms with Crippen LogP contribution < -0.4 is 5.32 Å². The van der Waals surface area contributed by atoms with Gasteiger partial charge in [-0.05, 0) is 12.8 Å². The molecule has 1 N–H and O–H groups in total. The Bertz CT molecular complexity index is 488. The van der Waals surface area contributed by atoms with E-state index in [1.807, 2.05) is 4.90 Å². The lowest BCUT2D eigenvalue weighted by Crippen LogP contribution is -2.57. The monoisotopic (exact) mass is 278 g/mol. The normalized spacial score (nSPS) is 24.0.